The first-order valence-electron chi connectivity index (χ1n) is 12.4. The number of carbonyl (C=O) groups excluding carboxylic acids is 1. The van der Waals surface area contributed by atoms with E-state index in [0.29, 0.717) is 4.31 Å². The predicted octanol–water partition coefficient (Wildman–Crippen LogP) is 5.78. The molecule has 1 atom stereocenters. The third-order valence-electron chi connectivity index (χ3n) is 7.12. The smallest absolute Gasteiger partial charge is 0.335 e. The summed E-state index contributed by atoms with van der Waals surface area (Å²) in [5, 5.41) is 9.25. The second kappa shape index (κ2) is 10.7. The number of anilines is 2. The number of aromatic carboxylic acids is 1. The van der Waals surface area contributed by atoms with Crippen LogP contribution in [0.1, 0.15) is 41.6 Å². The SMILES string of the molecule is O=C(O)c1ccc(N(C(=O)[C@H]2CCN2S(=O)(=O)c2c(F)c(F)c(F)c(F)c2F)c2ccc(C3=CCCC3)cc2)cc1. The Labute approximate surface area is 231 Å². The van der Waals surface area contributed by atoms with Crippen molar-refractivity contribution in [3.05, 3.63) is 94.8 Å². The third-order valence-corrected chi connectivity index (χ3v) is 9.05. The van der Waals surface area contributed by atoms with Crippen molar-refractivity contribution in [2.24, 2.45) is 0 Å². The van der Waals surface area contributed by atoms with E-state index in [1.165, 1.54) is 24.3 Å². The van der Waals surface area contributed by atoms with Crippen molar-refractivity contribution in [3.63, 3.8) is 0 Å². The summed E-state index contributed by atoms with van der Waals surface area (Å²) in [7, 11) is -5.35. The molecule has 0 spiro atoms. The van der Waals surface area contributed by atoms with Gasteiger partial charge < -0.3 is 5.11 Å². The molecule has 0 unspecified atom stereocenters. The zero-order valence-corrected chi connectivity index (χ0v) is 21.9. The first kappa shape index (κ1) is 28.4. The lowest BCUT2D eigenvalue weighted by Crippen LogP contribution is -2.58. The summed E-state index contributed by atoms with van der Waals surface area (Å²) in [6.45, 7) is -0.420. The fourth-order valence-electron chi connectivity index (χ4n) is 4.89. The number of hydrogen-bond donors (Lipinski definition) is 1. The van der Waals surface area contributed by atoms with E-state index in [0.717, 1.165) is 35.3 Å². The van der Waals surface area contributed by atoms with E-state index >= 15 is 0 Å². The van der Waals surface area contributed by atoms with Gasteiger partial charge in [-0.05, 0) is 73.2 Å². The Morgan fingerprint density at radius 1 is 0.829 bits per heavy atom. The van der Waals surface area contributed by atoms with Crippen LogP contribution in [0.5, 0.6) is 0 Å². The molecule has 41 heavy (non-hydrogen) atoms. The van der Waals surface area contributed by atoms with Gasteiger partial charge in [-0.15, -0.1) is 0 Å². The number of nitrogens with zero attached hydrogens (tertiary/aromatic N) is 2. The minimum atomic E-state index is -5.35. The van der Waals surface area contributed by atoms with Crippen LogP contribution in [0.3, 0.4) is 0 Å². The molecule has 7 nitrogen and oxygen atoms in total. The summed E-state index contributed by atoms with van der Waals surface area (Å²) >= 11 is 0. The summed E-state index contributed by atoms with van der Waals surface area (Å²) in [5.74, 6) is -14.5. The van der Waals surface area contributed by atoms with E-state index in [1.54, 1.807) is 24.3 Å². The molecule has 3 aromatic carbocycles. The highest BCUT2D eigenvalue weighted by Gasteiger charge is 2.48. The minimum absolute atomic E-state index is 0.0798. The summed E-state index contributed by atoms with van der Waals surface area (Å²) in [5.41, 5.74) is 2.40. The Morgan fingerprint density at radius 2 is 1.37 bits per heavy atom. The number of benzene rings is 3. The zero-order chi connectivity index (χ0) is 29.6. The maximum atomic E-state index is 14.4. The molecular weight excluding hydrogens is 571 g/mol. The largest absolute Gasteiger partial charge is 0.478 e. The first-order valence-corrected chi connectivity index (χ1v) is 13.9. The van der Waals surface area contributed by atoms with Gasteiger partial charge in [0.15, 0.2) is 28.2 Å². The lowest BCUT2D eigenvalue weighted by molar-refractivity contribution is -0.124. The average molecular weight is 593 g/mol. The first-order chi connectivity index (χ1) is 19.4. The fourth-order valence-corrected chi connectivity index (χ4v) is 6.63. The third kappa shape index (κ3) is 4.88. The number of carboxylic acid groups (broad SMARTS) is 1. The van der Waals surface area contributed by atoms with E-state index < -0.39 is 68.5 Å². The normalized spacial score (nSPS) is 17.2. The zero-order valence-electron chi connectivity index (χ0n) is 21.1. The summed E-state index contributed by atoms with van der Waals surface area (Å²) in [6.07, 6.45) is 4.81. The topological polar surface area (TPSA) is 95.0 Å². The molecule has 13 heteroatoms. The predicted molar refractivity (Wildman–Crippen MR) is 137 cm³/mol. The van der Waals surface area contributed by atoms with E-state index in [9.17, 15) is 45.1 Å². The lowest BCUT2D eigenvalue weighted by atomic mass is 10.0. The summed E-state index contributed by atoms with van der Waals surface area (Å²) in [6, 6.07) is 10.3. The van der Waals surface area contributed by atoms with E-state index in [2.05, 4.69) is 6.08 Å². The van der Waals surface area contributed by atoms with Gasteiger partial charge >= 0.3 is 5.97 Å². The molecule has 3 aromatic rings. The Morgan fingerprint density at radius 3 is 1.83 bits per heavy atom. The maximum absolute atomic E-state index is 14.4. The van der Waals surface area contributed by atoms with Crippen molar-refractivity contribution in [1.29, 1.82) is 0 Å². The minimum Gasteiger partial charge on any atom is -0.478 e. The van der Waals surface area contributed by atoms with E-state index in [1.807, 2.05) is 0 Å². The van der Waals surface area contributed by atoms with Gasteiger partial charge in [0.25, 0.3) is 0 Å². The second-order valence-electron chi connectivity index (χ2n) is 9.51. The molecular formula is C28H21F5N2O5S. The molecule has 214 valence electrons. The van der Waals surface area contributed by atoms with Crippen molar-refractivity contribution < 1.29 is 45.1 Å². The number of allylic oxidation sites excluding steroid dienone is 2. The van der Waals surface area contributed by atoms with Crippen LogP contribution < -0.4 is 4.90 Å². The van der Waals surface area contributed by atoms with Crippen LogP contribution in [-0.2, 0) is 14.8 Å². The van der Waals surface area contributed by atoms with Gasteiger partial charge in [0, 0.05) is 17.9 Å². The molecule has 0 bridgehead atoms. The Balaban J connectivity index is 1.54. The van der Waals surface area contributed by atoms with Gasteiger partial charge in [0.1, 0.15) is 6.04 Å². The van der Waals surface area contributed by atoms with Crippen LogP contribution in [0.4, 0.5) is 33.3 Å². The number of sulfonamides is 1. The highest BCUT2D eigenvalue weighted by Crippen LogP contribution is 2.37. The molecule has 0 saturated carbocycles. The maximum Gasteiger partial charge on any atom is 0.335 e. The fraction of sp³-hybridized carbons (Fsp3) is 0.214. The molecule has 5 rings (SSSR count). The molecule has 1 heterocycles. The van der Waals surface area contributed by atoms with Crippen LogP contribution in [0, 0.1) is 29.1 Å². The van der Waals surface area contributed by atoms with Crippen LogP contribution >= 0.6 is 0 Å². The molecule has 0 radical (unpaired) electrons. The Bertz CT molecular complexity index is 1660. The average Bonchev–Trinajstić information content (AvgIpc) is 3.46. The molecule has 1 N–H and O–H groups in total. The number of hydrogen-bond acceptors (Lipinski definition) is 4. The van der Waals surface area contributed by atoms with Crippen molar-refractivity contribution in [2.45, 2.75) is 36.6 Å². The molecule has 1 aliphatic heterocycles. The van der Waals surface area contributed by atoms with Crippen LogP contribution in [0.2, 0.25) is 0 Å². The number of carboxylic acids is 1. The van der Waals surface area contributed by atoms with Gasteiger partial charge in [0.05, 0.1) is 5.56 Å². The highest BCUT2D eigenvalue weighted by molar-refractivity contribution is 7.89. The number of halogens is 5. The standard InChI is InChI=1S/C28H21F5N2O5S/c29-21-22(30)24(32)26(25(33)23(21)31)41(39,40)34-14-13-20(34)27(36)35(19-11-7-17(8-12-19)28(37)38)18-9-5-16(6-10-18)15-3-1-2-4-15/h3,5-12,20H,1-2,4,13-14H2,(H,37,38)/t20-/m1/s1. The number of carbonyl (C=O) groups is 2. The van der Waals surface area contributed by atoms with Crippen LogP contribution in [-0.4, -0.2) is 42.3 Å². The quantitative estimate of drug-likeness (QED) is 0.213. The van der Waals surface area contributed by atoms with Crippen molar-refractivity contribution in [3.8, 4) is 0 Å². The molecule has 1 aliphatic carbocycles. The molecule has 2 aliphatic rings. The molecule has 1 fully saturated rings. The second-order valence-corrected chi connectivity index (χ2v) is 11.3. The Hall–Kier alpha value is -4.10. The lowest BCUT2D eigenvalue weighted by Gasteiger charge is -2.41. The molecule has 1 saturated heterocycles. The van der Waals surface area contributed by atoms with Crippen LogP contribution in [0.15, 0.2) is 59.5 Å². The van der Waals surface area contributed by atoms with Crippen LogP contribution in [0.25, 0.3) is 5.57 Å². The number of amides is 1. The van der Waals surface area contributed by atoms with Gasteiger partial charge in [-0.25, -0.2) is 35.2 Å². The van der Waals surface area contributed by atoms with Gasteiger partial charge in [-0.3, -0.25) is 9.69 Å². The molecule has 1 amide bonds. The van der Waals surface area contributed by atoms with E-state index in [4.69, 9.17) is 0 Å². The van der Waals surface area contributed by atoms with Crippen molar-refractivity contribution >= 4 is 38.8 Å². The number of rotatable bonds is 7. The van der Waals surface area contributed by atoms with Crippen molar-refractivity contribution in [1.82, 2.24) is 4.31 Å². The van der Waals surface area contributed by atoms with Gasteiger partial charge in [-0.2, -0.15) is 4.31 Å². The monoisotopic (exact) mass is 592 g/mol. The molecule has 0 aromatic heterocycles. The van der Waals surface area contributed by atoms with Crippen molar-refractivity contribution in [2.75, 3.05) is 11.4 Å². The van der Waals surface area contributed by atoms with Gasteiger partial charge in [-0.1, -0.05) is 18.2 Å². The summed E-state index contributed by atoms with van der Waals surface area (Å²) < 4.78 is 96.7. The van der Waals surface area contributed by atoms with E-state index in [-0.39, 0.29) is 23.4 Å². The highest BCUT2D eigenvalue weighted by atomic mass is 32.2. The summed E-state index contributed by atoms with van der Waals surface area (Å²) in [4.78, 5) is 24.2. The Kier molecular flexibility index (Phi) is 7.43. The van der Waals surface area contributed by atoms with Gasteiger partial charge in [0.2, 0.25) is 21.7 Å².